The molecule has 190 valence electrons. The predicted octanol–water partition coefficient (Wildman–Crippen LogP) is 6.62. The van der Waals surface area contributed by atoms with Gasteiger partial charge in [0.2, 0.25) is 0 Å². The van der Waals surface area contributed by atoms with Crippen LogP contribution in [-0.4, -0.2) is 26.6 Å². The number of rotatable bonds is 6. The second-order valence-corrected chi connectivity index (χ2v) is 11.4. The van der Waals surface area contributed by atoms with E-state index in [1.807, 2.05) is 0 Å². The van der Waals surface area contributed by atoms with E-state index in [0.29, 0.717) is 16.3 Å². The highest BCUT2D eigenvalue weighted by Crippen LogP contribution is 2.29. The van der Waals surface area contributed by atoms with Crippen LogP contribution in [0.2, 0.25) is 5.02 Å². The van der Waals surface area contributed by atoms with Gasteiger partial charge in [-0.25, -0.2) is 13.8 Å². The molecule has 8 heteroatoms. The van der Waals surface area contributed by atoms with Crippen molar-refractivity contribution < 1.29 is 13.2 Å². The van der Waals surface area contributed by atoms with Gasteiger partial charge in [-0.15, -0.1) is 0 Å². The smallest absolute Gasteiger partial charge is 0.264 e. The maximum absolute atomic E-state index is 13.5. The molecule has 1 saturated carbocycles. The average molecular weight is 518 g/mol. The average Bonchev–Trinajstić information content (AvgIpc) is 2.84. The van der Waals surface area contributed by atoms with Crippen LogP contribution in [0.5, 0.6) is 0 Å². The Morgan fingerprint density at radius 3 is 2.09 bits per heavy atom. The zero-order chi connectivity index (χ0) is 25.1. The van der Waals surface area contributed by atoms with E-state index in [4.69, 9.17) is 11.6 Å². The zero-order valence-electron chi connectivity index (χ0n) is 20.5. The highest BCUT2D eigenvalue weighted by molar-refractivity contribution is 7.92. The maximum atomic E-state index is 13.5. The molecule has 3 rings (SSSR count). The Balaban J connectivity index is 1.79. The molecule has 0 aliphatic heterocycles. The number of nitrogens with one attached hydrogen (secondary N) is 1. The van der Waals surface area contributed by atoms with Gasteiger partial charge >= 0.3 is 0 Å². The van der Waals surface area contributed by atoms with E-state index in [9.17, 15) is 13.2 Å². The predicted molar refractivity (Wildman–Crippen MR) is 144 cm³/mol. The lowest BCUT2D eigenvalue weighted by Gasteiger charge is -2.25. The van der Waals surface area contributed by atoms with Crippen LogP contribution in [0, 0.1) is 6.92 Å². The second kappa shape index (κ2) is 13.6. The minimum absolute atomic E-state index is 0.109. The van der Waals surface area contributed by atoms with Crippen molar-refractivity contribution in [3.05, 3.63) is 59.1 Å². The topological polar surface area (TPSA) is 78.8 Å². The summed E-state index contributed by atoms with van der Waals surface area (Å²) in [5.74, 6) is -0.484. The molecule has 1 aliphatic rings. The van der Waals surface area contributed by atoms with Crippen LogP contribution < -0.4 is 9.73 Å². The molecule has 6 nitrogen and oxygen atoms in total. The number of carbonyl (C=O) groups excluding carboxylic acids is 1. The number of hydrogen-bond acceptors (Lipinski definition) is 4. The molecule has 2 aromatic carbocycles. The first-order valence-corrected chi connectivity index (χ1v) is 14.4. The van der Waals surface area contributed by atoms with Crippen LogP contribution in [0.3, 0.4) is 0 Å². The third kappa shape index (κ3) is 8.36. The normalized spacial score (nSPS) is 16.0. The van der Waals surface area contributed by atoms with Gasteiger partial charge < -0.3 is 0 Å². The summed E-state index contributed by atoms with van der Waals surface area (Å²) in [7, 11) is -3.99. The number of anilines is 1. The lowest BCUT2D eigenvalue weighted by molar-refractivity contribution is -0.119. The molecule has 1 amide bonds. The van der Waals surface area contributed by atoms with Crippen molar-refractivity contribution in [1.29, 1.82) is 0 Å². The Labute approximate surface area is 214 Å². The molecule has 1 N–H and O–H groups in total. The summed E-state index contributed by atoms with van der Waals surface area (Å²) < 4.78 is 28.2. The van der Waals surface area contributed by atoms with E-state index in [-0.39, 0.29) is 4.90 Å². The van der Waals surface area contributed by atoms with Crippen molar-refractivity contribution in [2.45, 2.75) is 82.4 Å². The molecule has 0 heterocycles. The molecule has 35 heavy (non-hydrogen) atoms. The first-order chi connectivity index (χ1) is 16.9. The molecule has 0 unspecified atom stereocenters. The Morgan fingerprint density at radius 1 is 0.914 bits per heavy atom. The fourth-order valence-corrected chi connectivity index (χ4v) is 5.97. The maximum Gasteiger partial charge on any atom is 0.264 e. The third-order valence-corrected chi connectivity index (χ3v) is 8.34. The minimum atomic E-state index is -3.99. The van der Waals surface area contributed by atoms with Gasteiger partial charge in [0.1, 0.15) is 6.54 Å². The van der Waals surface area contributed by atoms with E-state index >= 15 is 0 Å². The van der Waals surface area contributed by atoms with Crippen LogP contribution in [0.4, 0.5) is 5.69 Å². The van der Waals surface area contributed by atoms with Gasteiger partial charge in [-0.3, -0.25) is 9.10 Å². The Bertz CT molecular complexity index is 1090. The SMILES string of the molecule is Cc1ccc(Cl)cc1N(CC(=O)NN=C1CCCCCCCCCCC1)S(=O)(=O)c1ccccc1. The van der Waals surface area contributed by atoms with Crippen molar-refractivity contribution in [3.8, 4) is 0 Å². The molecule has 0 aromatic heterocycles. The zero-order valence-corrected chi connectivity index (χ0v) is 22.1. The van der Waals surface area contributed by atoms with E-state index in [0.717, 1.165) is 35.7 Å². The number of benzene rings is 2. The molecule has 0 saturated heterocycles. The van der Waals surface area contributed by atoms with Gasteiger partial charge in [0.15, 0.2) is 0 Å². The number of hydrogen-bond donors (Lipinski definition) is 1. The number of halogens is 1. The number of carbonyl (C=O) groups is 1. The second-order valence-electron chi connectivity index (χ2n) is 9.15. The standard InChI is InChI=1S/C27H36ClN3O3S/c1-22-18-19-23(28)20-26(22)31(35(33,34)25-16-12-9-13-17-25)21-27(32)30-29-24-14-10-7-5-3-2-4-6-8-11-15-24/h9,12-13,16-20H,2-8,10-11,14-15,21H2,1H3,(H,30,32). The van der Waals surface area contributed by atoms with Crippen molar-refractivity contribution in [1.82, 2.24) is 5.43 Å². The first kappa shape index (κ1) is 27.2. The first-order valence-electron chi connectivity index (χ1n) is 12.6. The van der Waals surface area contributed by atoms with Gasteiger partial charge in [-0.2, -0.15) is 5.10 Å². The summed E-state index contributed by atoms with van der Waals surface area (Å²) in [6, 6.07) is 13.1. The Hall–Kier alpha value is -2.38. The van der Waals surface area contributed by atoms with Gasteiger partial charge in [0.05, 0.1) is 10.6 Å². The van der Waals surface area contributed by atoms with Crippen molar-refractivity contribution >= 4 is 38.9 Å². The minimum Gasteiger partial charge on any atom is -0.271 e. The number of amides is 1. The summed E-state index contributed by atoms with van der Waals surface area (Å²) in [5, 5.41) is 4.82. The molecule has 0 atom stereocenters. The molecule has 0 bridgehead atoms. The van der Waals surface area contributed by atoms with E-state index in [1.54, 1.807) is 43.3 Å². The summed E-state index contributed by atoms with van der Waals surface area (Å²) in [5.41, 5.74) is 4.69. The van der Waals surface area contributed by atoms with Gasteiger partial charge in [-0.05, 0) is 62.4 Å². The van der Waals surface area contributed by atoms with E-state index in [2.05, 4.69) is 10.5 Å². The quantitative estimate of drug-likeness (QED) is 0.437. The summed E-state index contributed by atoms with van der Waals surface area (Å²) in [6.45, 7) is 1.40. The summed E-state index contributed by atoms with van der Waals surface area (Å²) in [4.78, 5) is 13.1. The fraction of sp³-hybridized carbons (Fsp3) is 0.481. The molecular formula is C27H36ClN3O3S. The molecule has 0 radical (unpaired) electrons. The van der Waals surface area contributed by atoms with E-state index < -0.39 is 22.5 Å². The molecule has 1 fully saturated rings. The molecular weight excluding hydrogens is 482 g/mol. The number of hydrazone groups is 1. The van der Waals surface area contributed by atoms with Crippen molar-refractivity contribution in [2.24, 2.45) is 5.10 Å². The highest BCUT2D eigenvalue weighted by Gasteiger charge is 2.28. The van der Waals surface area contributed by atoms with Gasteiger partial charge in [0.25, 0.3) is 15.9 Å². The monoisotopic (exact) mass is 517 g/mol. The Kier molecular flexibility index (Phi) is 10.6. The molecule has 0 spiro atoms. The van der Waals surface area contributed by atoms with Crippen LogP contribution in [0.15, 0.2) is 58.5 Å². The van der Waals surface area contributed by atoms with Crippen molar-refractivity contribution in [3.63, 3.8) is 0 Å². The van der Waals surface area contributed by atoms with Crippen LogP contribution >= 0.6 is 11.6 Å². The van der Waals surface area contributed by atoms with Crippen LogP contribution in [-0.2, 0) is 14.8 Å². The Morgan fingerprint density at radius 2 is 1.49 bits per heavy atom. The lowest BCUT2D eigenvalue weighted by atomic mass is 10.00. The number of sulfonamides is 1. The lowest BCUT2D eigenvalue weighted by Crippen LogP contribution is -2.40. The largest absolute Gasteiger partial charge is 0.271 e. The highest BCUT2D eigenvalue weighted by atomic mass is 35.5. The van der Waals surface area contributed by atoms with Crippen molar-refractivity contribution in [2.75, 3.05) is 10.8 Å². The molecule has 1 aliphatic carbocycles. The fourth-order valence-electron chi connectivity index (χ4n) is 4.31. The van der Waals surface area contributed by atoms with Gasteiger partial charge in [0, 0.05) is 10.7 Å². The summed E-state index contributed by atoms with van der Waals surface area (Å²) in [6.07, 6.45) is 12.6. The third-order valence-electron chi connectivity index (χ3n) is 6.33. The van der Waals surface area contributed by atoms with Crippen LogP contribution in [0.1, 0.15) is 76.2 Å². The number of nitrogens with zero attached hydrogens (tertiary/aromatic N) is 2. The van der Waals surface area contributed by atoms with Gasteiger partial charge in [-0.1, -0.05) is 80.8 Å². The summed E-state index contributed by atoms with van der Waals surface area (Å²) >= 11 is 6.19. The molecule has 2 aromatic rings. The van der Waals surface area contributed by atoms with Crippen LogP contribution in [0.25, 0.3) is 0 Å². The number of aryl methyl sites for hydroxylation is 1. The van der Waals surface area contributed by atoms with E-state index in [1.165, 1.54) is 57.1 Å².